The van der Waals surface area contributed by atoms with E-state index >= 15 is 0 Å². The summed E-state index contributed by atoms with van der Waals surface area (Å²) >= 11 is 0. The second-order valence-corrected chi connectivity index (χ2v) is 8.38. The van der Waals surface area contributed by atoms with E-state index < -0.39 is 19.5 Å². The molecule has 0 unspecified atom stereocenters. The molecule has 2 aromatic rings. The molecule has 0 fully saturated rings. The second kappa shape index (κ2) is 7.37. The molecule has 0 aliphatic rings. The van der Waals surface area contributed by atoms with Crippen LogP contribution in [0, 0.1) is 0 Å². The summed E-state index contributed by atoms with van der Waals surface area (Å²) in [7, 11) is -1.20. The van der Waals surface area contributed by atoms with Gasteiger partial charge >= 0.3 is 0 Å². The highest BCUT2D eigenvalue weighted by molar-refractivity contribution is 6.60. The van der Waals surface area contributed by atoms with Gasteiger partial charge in [0.25, 0.3) is 0 Å². The zero-order chi connectivity index (χ0) is 13.5. The Morgan fingerprint density at radius 3 is 1.37 bits per heavy atom. The van der Waals surface area contributed by atoms with Gasteiger partial charge in [-0.1, -0.05) is 48.5 Å². The first-order valence-electron chi connectivity index (χ1n) is 6.45. The summed E-state index contributed by atoms with van der Waals surface area (Å²) in [4.78, 5) is 0. The number of benzene rings is 2. The van der Waals surface area contributed by atoms with Crippen LogP contribution in [0.5, 0.6) is 0 Å². The molecule has 19 heavy (non-hydrogen) atoms. The van der Waals surface area contributed by atoms with E-state index in [1.165, 1.54) is 21.5 Å². The van der Waals surface area contributed by atoms with Gasteiger partial charge in [-0.05, 0) is 21.5 Å². The molecule has 0 atom stereocenters. The second-order valence-electron chi connectivity index (χ2n) is 4.53. The summed E-state index contributed by atoms with van der Waals surface area (Å²) in [5, 5.41) is 2.67. The third kappa shape index (κ3) is 4.41. The van der Waals surface area contributed by atoms with Gasteiger partial charge in [0.2, 0.25) is 0 Å². The Labute approximate surface area is 118 Å². The van der Waals surface area contributed by atoms with Gasteiger partial charge in [-0.15, -0.1) is 0 Å². The smallest absolute Gasteiger partial charge is 0.178 e. The lowest BCUT2D eigenvalue weighted by Gasteiger charge is -2.05. The highest BCUT2D eigenvalue weighted by Gasteiger charge is 1.98. The minimum absolute atomic E-state index is 0.598. The zero-order valence-electron chi connectivity index (χ0n) is 11.0. The largest absolute Gasteiger partial charge is 0.458 e. The minimum Gasteiger partial charge on any atom is -0.458 e. The van der Waals surface area contributed by atoms with Gasteiger partial charge in [0.05, 0.1) is 0 Å². The molecule has 2 rings (SSSR count). The third-order valence-electron chi connectivity index (χ3n) is 3.05. The van der Waals surface area contributed by atoms with Crippen molar-refractivity contribution in [1.29, 1.82) is 0 Å². The average molecular weight is 288 g/mol. The fourth-order valence-corrected chi connectivity index (χ4v) is 4.98. The Kier molecular flexibility index (Phi) is 5.50. The SMILES string of the molecule is NCc1ccc([SiH2]O[SiH2]c2ccc(CN)cc2)cc1. The van der Waals surface area contributed by atoms with Crippen molar-refractivity contribution < 1.29 is 4.12 Å². The van der Waals surface area contributed by atoms with Gasteiger partial charge in [0.15, 0.2) is 19.5 Å². The molecular weight excluding hydrogens is 268 g/mol. The summed E-state index contributed by atoms with van der Waals surface area (Å²) < 4.78 is 5.97. The van der Waals surface area contributed by atoms with E-state index in [9.17, 15) is 0 Å². The molecule has 3 nitrogen and oxygen atoms in total. The quantitative estimate of drug-likeness (QED) is 0.652. The standard InChI is InChI=1S/C14H20N2OSi2/c15-9-11-1-5-13(6-2-11)18-17-19-14-7-3-12(10-16)4-8-14/h1-8H,9-10,15-16,18-19H2. The molecule has 0 saturated carbocycles. The Bertz CT molecular complexity index is 452. The number of hydrogen-bond donors (Lipinski definition) is 2. The van der Waals surface area contributed by atoms with Crippen molar-refractivity contribution >= 4 is 29.9 Å². The molecule has 5 heteroatoms. The van der Waals surface area contributed by atoms with Crippen molar-refractivity contribution in [2.45, 2.75) is 13.1 Å². The fourth-order valence-electron chi connectivity index (χ4n) is 1.83. The molecule has 2 aromatic carbocycles. The number of nitrogens with two attached hydrogens (primary N) is 2. The monoisotopic (exact) mass is 288 g/mol. The normalized spacial score (nSPS) is 11.9. The molecule has 0 radical (unpaired) electrons. The Balaban J connectivity index is 1.81. The van der Waals surface area contributed by atoms with Gasteiger partial charge in [-0.25, -0.2) is 0 Å². The van der Waals surface area contributed by atoms with Crippen LogP contribution in [0.25, 0.3) is 0 Å². The third-order valence-corrected chi connectivity index (χ3v) is 6.30. The van der Waals surface area contributed by atoms with Crippen LogP contribution < -0.4 is 21.8 Å². The van der Waals surface area contributed by atoms with Crippen molar-refractivity contribution in [3.05, 3.63) is 59.7 Å². The van der Waals surface area contributed by atoms with Crippen molar-refractivity contribution in [3.63, 3.8) is 0 Å². The van der Waals surface area contributed by atoms with Crippen LogP contribution in [0.4, 0.5) is 0 Å². The zero-order valence-corrected chi connectivity index (χ0v) is 13.8. The maximum Gasteiger partial charge on any atom is 0.178 e. The molecule has 0 amide bonds. The summed E-state index contributed by atoms with van der Waals surface area (Å²) in [6.07, 6.45) is 0. The minimum atomic E-state index is -0.598. The van der Waals surface area contributed by atoms with E-state index in [0.717, 1.165) is 0 Å². The van der Waals surface area contributed by atoms with E-state index in [1.54, 1.807) is 0 Å². The van der Waals surface area contributed by atoms with Crippen molar-refractivity contribution in [1.82, 2.24) is 0 Å². The van der Waals surface area contributed by atoms with E-state index in [-0.39, 0.29) is 0 Å². The number of hydrogen-bond acceptors (Lipinski definition) is 3. The van der Waals surface area contributed by atoms with Gasteiger partial charge < -0.3 is 15.6 Å². The molecule has 100 valence electrons. The topological polar surface area (TPSA) is 61.3 Å². The Hall–Kier alpha value is -1.25. The molecule has 0 aromatic heterocycles. The molecule has 4 N–H and O–H groups in total. The van der Waals surface area contributed by atoms with E-state index in [0.29, 0.717) is 13.1 Å². The first kappa shape index (κ1) is 14.2. The maximum atomic E-state index is 5.97. The predicted octanol–water partition coefficient (Wildman–Crippen LogP) is -1.26. The molecule has 0 saturated heterocycles. The molecule has 0 aliphatic carbocycles. The van der Waals surface area contributed by atoms with Gasteiger partial charge in [0, 0.05) is 13.1 Å². The summed E-state index contributed by atoms with van der Waals surface area (Å²) in [5.74, 6) is 0. The average Bonchev–Trinajstić information content (AvgIpc) is 2.49. The number of rotatable bonds is 6. The van der Waals surface area contributed by atoms with Gasteiger partial charge in [-0.2, -0.15) is 0 Å². The van der Waals surface area contributed by atoms with Crippen LogP contribution in [0.3, 0.4) is 0 Å². The van der Waals surface area contributed by atoms with Crippen molar-refractivity contribution in [3.8, 4) is 0 Å². The molecule has 0 heterocycles. The summed E-state index contributed by atoms with van der Waals surface area (Å²) in [6.45, 7) is 1.20. The lowest BCUT2D eigenvalue weighted by molar-refractivity contribution is 0.663. The maximum absolute atomic E-state index is 5.97. The van der Waals surface area contributed by atoms with E-state index in [2.05, 4.69) is 48.5 Å². The first-order chi connectivity index (χ1) is 9.31. The Morgan fingerprint density at radius 1 is 0.684 bits per heavy atom. The molecular formula is C14H20N2OSi2. The van der Waals surface area contributed by atoms with E-state index in [1.807, 2.05) is 0 Å². The first-order valence-corrected chi connectivity index (χ1v) is 9.02. The highest BCUT2D eigenvalue weighted by atomic mass is 28.3. The summed E-state index contributed by atoms with van der Waals surface area (Å²) in [6, 6.07) is 16.9. The molecule has 0 bridgehead atoms. The summed E-state index contributed by atoms with van der Waals surface area (Å²) in [5.41, 5.74) is 13.5. The Morgan fingerprint density at radius 2 is 1.05 bits per heavy atom. The molecule has 0 spiro atoms. The van der Waals surface area contributed by atoms with Crippen molar-refractivity contribution in [2.75, 3.05) is 0 Å². The van der Waals surface area contributed by atoms with Crippen LogP contribution in [-0.2, 0) is 17.2 Å². The van der Waals surface area contributed by atoms with E-state index in [4.69, 9.17) is 15.6 Å². The van der Waals surface area contributed by atoms with Crippen molar-refractivity contribution in [2.24, 2.45) is 11.5 Å². The highest BCUT2D eigenvalue weighted by Crippen LogP contribution is 1.95. The lowest BCUT2D eigenvalue weighted by Crippen LogP contribution is -2.25. The fraction of sp³-hybridized carbons (Fsp3) is 0.143. The van der Waals surface area contributed by atoms with Crippen LogP contribution >= 0.6 is 0 Å². The molecule has 0 aliphatic heterocycles. The van der Waals surface area contributed by atoms with Crippen LogP contribution in [-0.4, -0.2) is 19.5 Å². The predicted molar refractivity (Wildman–Crippen MR) is 86.1 cm³/mol. The lowest BCUT2D eigenvalue weighted by atomic mass is 10.2. The van der Waals surface area contributed by atoms with Crippen LogP contribution in [0.2, 0.25) is 0 Å². The van der Waals surface area contributed by atoms with Crippen LogP contribution in [0.1, 0.15) is 11.1 Å². The van der Waals surface area contributed by atoms with Crippen LogP contribution in [0.15, 0.2) is 48.5 Å². The van der Waals surface area contributed by atoms with Gasteiger partial charge in [-0.3, -0.25) is 0 Å². The van der Waals surface area contributed by atoms with Gasteiger partial charge in [0.1, 0.15) is 0 Å².